The van der Waals surface area contributed by atoms with Crippen LogP contribution in [0.2, 0.25) is 0 Å². The molecule has 0 aliphatic carbocycles. The number of fused-ring (bicyclic) bond motifs is 2. The van der Waals surface area contributed by atoms with E-state index < -0.39 is 0 Å². The molecule has 156 valence electrons. The van der Waals surface area contributed by atoms with Crippen molar-refractivity contribution in [1.82, 2.24) is 0 Å². The van der Waals surface area contributed by atoms with Gasteiger partial charge in [0.05, 0.1) is 0 Å². The zero-order valence-electron chi connectivity index (χ0n) is 17.2. The Morgan fingerprint density at radius 3 is 1.25 bits per heavy atom. The maximum Gasteiger partial charge on any atom is 0.197 e. The van der Waals surface area contributed by atoms with Gasteiger partial charge in [0.15, 0.2) is 12.5 Å². The van der Waals surface area contributed by atoms with Crippen molar-refractivity contribution in [1.29, 1.82) is 0 Å². The van der Waals surface area contributed by atoms with E-state index in [4.69, 9.17) is 4.21 Å². The predicted octanol–water partition coefficient (Wildman–Crippen LogP) is 8.80. The Labute approximate surface area is 201 Å². The summed E-state index contributed by atoms with van der Waals surface area (Å²) in [6.07, 6.45) is 0. The topological polar surface area (TPSA) is 17.1 Å². The van der Waals surface area contributed by atoms with Crippen LogP contribution >= 0.6 is 22.7 Å². The van der Waals surface area contributed by atoms with Gasteiger partial charge in [-0.1, -0.05) is 84.9 Å². The molecule has 6 rings (SSSR count). The van der Waals surface area contributed by atoms with Crippen LogP contribution in [0.4, 0.5) is 0 Å². The summed E-state index contributed by atoms with van der Waals surface area (Å²) >= 11 is 6.43. The standard InChI is InChI=1S/2C14H10S.OS/c2*1-2-5-11(6-3-1)12-7-4-8-14-13(12)9-10-15-14;1-2/h2*1-10H;. The van der Waals surface area contributed by atoms with Crippen LogP contribution in [0.3, 0.4) is 0 Å². The maximum absolute atomic E-state index is 7.83. The molecule has 0 fully saturated rings. The minimum Gasteiger partial charge on any atom is -0.197 e. The average molecular weight is 469 g/mol. The van der Waals surface area contributed by atoms with Crippen molar-refractivity contribution >= 4 is 55.4 Å². The van der Waals surface area contributed by atoms with E-state index in [2.05, 4.69) is 132 Å². The fourth-order valence-electron chi connectivity index (χ4n) is 3.73. The van der Waals surface area contributed by atoms with Crippen molar-refractivity contribution in [3.05, 3.63) is 120 Å². The molecule has 2 aromatic heterocycles. The van der Waals surface area contributed by atoms with Crippen molar-refractivity contribution < 1.29 is 4.21 Å². The highest BCUT2D eigenvalue weighted by atomic mass is 32.1. The summed E-state index contributed by atoms with van der Waals surface area (Å²) in [6.45, 7) is 0. The molecule has 0 aliphatic rings. The van der Waals surface area contributed by atoms with Gasteiger partial charge >= 0.3 is 0 Å². The van der Waals surface area contributed by atoms with Gasteiger partial charge in [-0.2, -0.15) is 4.21 Å². The van der Waals surface area contributed by atoms with Gasteiger partial charge in [-0.15, -0.1) is 22.7 Å². The predicted molar refractivity (Wildman–Crippen MR) is 143 cm³/mol. The van der Waals surface area contributed by atoms with Crippen molar-refractivity contribution in [2.45, 2.75) is 0 Å². The fraction of sp³-hybridized carbons (Fsp3) is 0. The van der Waals surface area contributed by atoms with Gasteiger partial charge in [0.1, 0.15) is 0 Å². The molecular formula is C28H20OS3. The number of benzene rings is 4. The lowest BCUT2D eigenvalue weighted by Gasteiger charge is -2.02. The molecule has 4 heteroatoms. The molecule has 0 unspecified atom stereocenters. The minimum absolute atomic E-state index is 1.29. The Morgan fingerprint density at radius 1 is 0.438 bits per heavy atom. The smallest absolute Gasteiger partial charge is 0.197 e. The Hall–Kier alpha value is -3.18. The van der Waals surface area contributed by atoms with Gasteiger partial charge in [0.25, 0.3) is 0 Å². The summed E-state index contributed by atoms with van der Waals surface area (Å²) in [5, 5.41) is 7.01. The van der Waals surface area contributed by atoms with Gasteiger partial charge in [0, 0.05) is 20.2 Å². The Bertz CT molecular complexity index is 1290. The summed E-state index contributed by atoms with van der Waals surface area (Å²) in [5.41, 5.74) is 5.24. The lowest BCUT2D eigenvalue weighted by Crippen LogP contribution is -1.76. The molecule has 6 aromatic rings. The first kappa shape index (κ1) is 22.0. The second-order valence-electron chi connectivity index (χ2n) is 7.01. The van der Waals surface area contributed by atoms with Crippen molar-refractivity contribution in [2.24, 2.45) is 0 Å². The maximum atomic E-state index is 7.83. The Kier molecular flexibility index (Phi) is 7.51. The van der Waals surface area contributed by atoms with Crippen LogP contribution in [0.1, 0.15) is 0 Å². The zero-order valence-corrected chi connectivity index (χ0v) is 19.6. The molecule has 2 heterocycles. The molecule has 0 bridgehead atoms. The molecule has 0 N–H and O–H groups in total. The Morgan fingerprint density at radius 2 is 0.844 bits per heavy atom. The van der Waals surface area contributed by atoms with Crippen LogP contribution < -0.4 is 0 Å². The van der Waals surface area contributed by atoms with Crippen molar-refractivity contribution in [2.75, 3.05) is 0 Å². The van der Waals surface area contributed by atoms with E-state index in [-0.39, 0.29) is 0 Å². The van der Waals surface area contributed by atoms with Crippen LogP contribution in [0, 0.1) is 0 Å². The van der Waals surface area contributed by atoms with Gasteiger partial charge in [0.2, 0.25) is 0 Å². The monoisotopic (exact) mass is 468 g/mol. The van der Waals surface area contributed by atoms with Crippen LogP contribution in [0.15, 0.2) is 120 Å². The first-order valence-electron chi connectivity index (χ1n) is 10.1. The minimum atomic E-state index is 1.29. The summed E-state index contributed by atoms with van der Waals surface area (Å²) < 4.78 is 10.5. The fourth-order valence-corrected chi connectivity index (χ4v) is 5.35. The number of thiophene rings is 2. The van der Waals surface area contributed by atoms with Crippen LogP contribution in [0.25, 0.3) is 42.4 Å². The molecule has 0 atom stereocenters. The second kappa shape index (κ2) is 10.9. The third kappa shape index (κ3) is 4.83. The molecule has 0 saturated carbocycles. The molecule has 4 aromatic carbocycles. The largest absolute Gasteiger partial charge is 0.197 e. The van der Waals surface area contributed by atoms with Gasteiger partial charge in [-0.05, 0) is 57.3 Å². The van der Waals surface area contributed by atoms with Gasteiger partial charge in [-0.25, -0.2) is 0 Å². The molecule has 0 saturated heterocycles. The molecule has 1 nitrogen and oxygen atoms in total. The second-order valence-corrected chi connectivity index (χ2v) is 8.90. The zero-order chi connectivity index (χ0) is 22.2. The van der Waals surface area contributed by atoms with E-state index in [1.807, 2.05) is 0 Å². The number of hydrogen-bond acceptors (Lipinski definition) is 4. The number of rotatable bonds is 2. The van der Waals surface area contributed by atoms with Gasteiger partial charge in [-0.3, -0.25) is 0 Å². The van der Waals surface area contributed by atoms with E-state index in [9.17, 15) is 0 Å². The van der Waals surface area contributed by atoms with Crippen molar-refractivity contribution in [3.8, 4) is 22.3 Å². The van der Waals surface area contributed by atoms with Crippen molar-refractivity contribution in [3.63, 3.8) is 0 Å². The van der Waals surface area contributed by atoms with Crippen LogP contribution in [0.5, 0.6) is 0 Å². The molecule has 0 spiro atoms. The first-order chi connectivity index (χ1) is 15.9. The third-order valence-electron chi connectivity index (χ3n) is 5.16. The van der Waals surface area contributed by atoms with E-state index in [0.717, 1.165) is 0 Å². The van der Waals surface area contributed by atoms with Crippen LogP contribution in [-0.2, 0) is 12.5 Å². The Balaban J connectivity index is 0.000000142. The normalized spacial score (nSPS) is 10.1. The molecule has 0 radical (unpaired) electrons. The van der Waals surface area contributed by atoms with Gasteiger partial charge < -0.3 is 0 Å². The SMILES string of the molecule is O=S.c1ccc(-c2cccc3sccc23)cc1.c1ccc(-c2cccc3sccc23)cc1. The van der Waals surface area contributed by atoms with E-state index in [1.165, 1.54) is 42.4 Å². The highest BCUT2D eigenvalue weighted by molar-refractivity contribution is 7.44. The quantitative estimate of drug-likeness (QED) is 0.252. The van der Waals surface area contributed by atoms with Crippen LogP contribution in [-0.4, -0.2) is 4.21 Å². The number of hydrogen-bond donors (Lipinski definition) is 0. The highest BCUT2D eigenvalue weighted by Gasteiger charge is 2.04. The summed E-state index contributed by atoms with van der Waals surface area (Å²) in [7, 11) is 0. The summed E-state index contributed by atoms with van der Waals surface area (Å²) in [6, 6.07) is 38.4. The first-order valence-corrected chi connectivity index (χ1v) is 12.2. The van der Waals surface area contributed by atoms with E-state index in [1.54, 1.807) is 22.7 Å². The highest BCUT2D eigenvalue weighted by Crippen LogP contribution is 2.32. The molecular weight excluding hydrogens is 449 g/mol. The average Bonchev–Trinajstić information content (AvgIpc) is 3.56. The summed E-state index contributed by atoms with van der Waals surface area (Å²) in [5.74, 6) is 0. The van der Waals surface area contributed by atoms with E-state index in [0.29, 0.717) is 0 Å². The molecule has 32 heavy (non-hydrogen) atoms. The third-order valence-corrected chi connectivity index (χ3v) is 6.93. The lowest BCUT2D eigenvalue weighted by molar-refractivity contribution is 0.702. The lowest BCUT2D eigenvalue weighted by atomic mass is 10.0. The van der Waals surface area contributed by atoms with E-state index >= 15 is 0 Å². The molecule has 0 aliphatic heterocycles. The summed E-state index contributed by atoms with van der Waals surface area (Å²) in [4.78, 5) is 0. The molecule has 0 amide bonds.